The van der Waals surface area contributed by atoms with Crippen molar-refractivity contribution in [3.8, 4) is 11.5 Å². The zero-order valence-corrected chi connectivity index (χ0v) is 17.6. The SMILES string of the molecule is CC[NH+](CCSc1ccccc1F)Cc1nc2cc(OC)c(OC)cc2c(=O)[nH]1. The molecule has 2 N–H and O–H groups in total. The molecule has 0 bridgehead atoms. The first kappa shape index (κ1) is 21.1. The molecule has 0 saturated heterocycles. The Bertz CT molecular complexity index is 1040. The first-order valence-corrected chi connectivity index (χ1v) is 10.4. The summed E-state index contributed by atoms with van der Waals surface area (Å²) in [6.45, 7) is 4.35. The molecule has 0 saturated carbocycles. The number of hydrogen-bond donors (Lipinski definition) is 2. The van der Waals surface area contributed by atoms with Gasteiger partial charge in [0.25, 0.3) is 5.56 Å². The fraction of sp³-hybridized carbons (Fsp3) is 0.333. The minimum Gasteiger partial charge on any atom is -0.493 e. The number of aromatic amines is 1. The maximum atomic E-state index is 13.8. The van der Waals surface area contributed by atoms with Gasteiger partial charge in [0.15, 0.2) is 17.3 Å². The lowest BCUT2D eigenvalue weighted by Crippen LogP contribution is -3.10. The van der Waals surface area contributed by atoms with Gasteiger partial charge in [-0.15, -0.1) is 11.8 Å². The Balaban J connectivity index is 1.73. The number of aromatic nitrogens is 2. The van der Waals surface area contributed by atoms with E-state index in [1.165, 1.54) is 29.8 Å². The molecule has 1 heterocycles. The van der Waals surface area contributed by atoms with E-state index in [-0.39, 0.29) is 11.4 Å². The second kappa shape index (κ2) is 9.76. The largest absolute Gasteiger partial charge is 0.493 e. The van der Waals surface area contributed by atoms with Gasteiger partial charge in [0.1, 0.15) is 12.4 Å². The molecular weight excluding hydrogens is 393 g/mol. The number of hydrogen-bond acceptors (Lipinski definition) is 5. The van der Waals surface area contributed by atoms with Crippen molar-refractivity contribution in [2.75, 3.05) is 33.1 Å². The summed E-state index contributed by atoms with van der Waals surface area (Å²) in [5.41, 5.74) is 0.361. The van der Waals surface area contributed by atoms with Gasteiger partial charge >= 0.3 is 0 Å². The third kappa shape index (κ3) is 5.07. The van der Waals surface area contributed by atoms with Crippen molar-refractivity contribution in [3.05, 3.63) is 58.4 Å². The van der Waals surface area contributed by atoms with Gasteiger partial charge in [0.05, 0.1) is 38.2 Å². The average molecular weight is 419 g/mol. The van der Waals surface area contributed by atoms with Crippen molar-refractivity contribution in [1.29, 1.82) is 0 Å². The average Bonchev–Trinajstić information content (AvgIpc) is 2.73. The number of nitrogens with zero attached hydrogens (tertiary/aromatic N) is 1. The molecule has 0 spiro atoms. The summed E-state index contributed by atoms with van der Waals surface area (Å²) in [5, 5.41) is 0.458. The Morgan fingerprint density at radius 3 is 2.59 bits per heavy atom. The molecule has 1 atom stereocenters. The van der Waals surface area contributed by atoms with Crippen LogP contribution in [0, 0.1) is 5.82 Å². The van der Waals surface area contributed by atoms with Crippen LogP contribution in [0.25, 0.3) is 10.9 Å². The van der Waals surface area contributed by atoms with Crippen molar-refractivity contribution >= 4 is 22.7 Å². The number of benzene rings is 2. The molecular formula is C21H25FN3O3S+. The molecule has 0 amide bonds. The highest BCUT2D eigenvalue weighted by Crippen LogP contribution is 2.29. The molecule has 8 heteroatoms. The Morgan fingerprint density at radius 2 is 1.90 bits per heavy atom. The van der Waals surface area contributed by atoms with Crippen LogP contribution < -0.4 is 19.9 Å². The first-order chi connectivity index (χ1) is 14.0. The summed E-state index contributed by atoms with van der Waals surface area (Å²) >= 11 is 1.50. The number of methoxy groups -OCH3 is 2. The molecule has 1 unspecified atom stereocenters. The summed E-state index contributed by atoms with van der Waals surface area (Å²) in [5.74, 6) is 2.21. The highest BCUT2D eigenvalue weighted by atomic mass is 32.2. The van der Waals surface area contributed by atoms with Crippen LogP contribution >= 0.6 is 11.8 Å². The Labute approximate surface area is 173 Å². The third-order valence-electron chi connectivity index (χ3n) is 4.73. The van der Waals surface area contributed by atoms with Gasteiger partial charge in [-0.2, -0.15) is 0 Å². The van der Waals surface area contributed by atoms with Crippen LogP contribution in [-0.2, 0) is 6.54 Å². The number of H-pyrrole nitrogens is 1. The summed E-state index contributed by atoms with van der Waals surface area (Å²) in [6.07, 6.45) is 0. The van der Waals surface area contributed by atoms with Gasteiger partial charge in [-0.05, 0) is 25.1 Å². The molecule has 0 aliphatic carbocycles. The monoisotopic (exact) mass is 418 g/mol. The number of ether oxygens (including phenoxy) is 2. The number of fused-ring (bicyclic) bond motifs is 1. The molecule has 0 aliphatic heterocycles. The van der Waals surface area contributed by atoms with Crippen molar-refractivity contribution < 1.29 is 18.8 Å². The minimum absolute atomic E-state index is 0.194. The van der Waals surface area contributed by atoms with E-state index in [1.54, 1.807) is 31.4 Å². The molecule has 1 aromatic heterocycles. The first-order valence-electron chi connectivity index (χ1n) is 9.41. The molecule has 0 aliphatic rings. The van der Waals surface area contributed by atoms with Crippen LogP contribution in [-0.4, -0.2) is 43.0 Å². The summed E-state index contributed by atoms with van der Waals surface area (Å²) in [7, 11) is 3.08. The Hall–Kier alpha value is -2.58. The van der Waals surface area contributed by atoms with E-state index in [0.29, 0.717) is 39.7 Å². The summed E-state index contributed by atoms with van der Waals surface area (Å²) < 4.78 is 24.3. The molecule has 3 aromatic rings. The number of nitrogens with one attached hydrogen (secondary N) is 2. The lowest BCUT2D eigenvalue weighted by molar-refractivity contribution is -0.910. The number of rotatable bonds is 9. The van der Waals surface area contributed by atoms with Crippen LogP contribution in [0.3, 0.4) is 0 Å². The number of quaternary nitrogens is 1. The third-order valence-corrected chi connectivity index (χ3v) is 5.78. The van der Waals surface area contributed by atoms with Gasteiger partial charge in [0.2, 0.25) is 0 Å². The highest BCUT2D eigenvalue weighted by molar-refractivity contribution is 7.99. The number of halogens is 1. The number of thioether (sulfide) groups is 1. The van der Waals surface area contributed by atoms with Crippen LogP contribution in [0.5, 0.6) is 11.5 Å². The van der Waals surface area contributed by atoms with Crippen molar-refractivity contribution in [2.45, 2.75) is 18.4 Å². The Morgan fingerprint density at radius 1 is 1.17 bits per heavy atom. The standard InChI is InChI=1S/C21H24FN3O3S/c1-4-25(9-10-29-19-8-6-5-7-15(19)22)13-20-23-16-12-18(28-3)17(27-2)11-14(16)21(26)24-20/h5-8,11-12H,4,9-10,13H2,1-3H3,(H,23,24,26)/p+1. The van der Waals surface area contributed by atoms with Crippen LogP contribution in [0.4, 0.5) is 4.39 Å². The van der Waals surface area contributed by atoms with E-state index < -0.39 is 0 Å². The predicted octanol–water partition coefficient (Wildman–Crippen LogP) is 2.28. The maximum Gasteiger partial charge on any atom is 0.259 e. The minimum atomic E-state index is -0.206. The lowest BCUT2D eigenvalue weighted by atomic mass is 10.2. The summed E-state index contributed by atoms with van der Waals surface area (Å²) in [6, 6.07) is 10.1. The summed E-state index contributed by atoms with van der Waals surface area (Å²) in [4.78, 5) is 21.9. The van der Waals surface area contributed by atoms with Gasteiger partial charge < -0.3 is 19.4 Å². The van der Waals surface area contributed by atoms with Crippen molar-refractivity contribution in [1.82, 2.24) is 9.97 Å². The lowest BCUT2D eigenvalue weighted by Gasteiger charge is -2.17. The predicted molar refractivity (Wildman–Crippen MR) is 113 cm³/mol. The van der Waals surface area contributed by atoms with Crippen molar-refractivity contribution in [2.24, 2.45) is 0 Å². The second-order valence-corrected chi connectivity index (χ2v) is 7.68. The second-order valence-electron chi connectivity index (χ2n) is 6.55. The van der Waals surface area contributed by atoms with E-state index in [0.717, 1.165) is 18.8 Å². The van der Waals surface area contributed by atoms with Crippen LogP contribution in [0.1, 0.15) is 12.7 Å². The molecule has 6 nitrogen and oxygen atoms in total. The molecule has 29 heavy (non-hydrogen) atoms. The van der Waals surface area contributed by atoms with Gasteiger partial charge in [-0.25, -0.2) is 9.37 Å². The zero-order valence-electron chi connectivity index (χ0n) is 16.8. The van der Waals surface area contributed by atoms with Gasteiger partial charge in [-0.1, -0.05) is 12.1 Å². The highest BCUT2D eigenvalue weighted by Gasteiger charge is 2.14. The van der Waals surface area contributed by atoms with E-state index in [9.17, 15) is 9.18 Å². The maximum absolute atomic E-state index is 13.8. The molecule has 2 aromatic carbocycles. The van der Waals surface area contributed by atoms with E-state index >= 15 is 0 Å². The van der Waals surface area contributed by atoms with E-state index in [4.69, 9.17) is 9.47 Å². The topological polar surface area (TPSA) is 68.7 Å². The molecule has 0 radical (unpaired) electrons. The van der Waals surface area contributed by atoms with Gasteiger partial charge in [0, 0.05) is 16.7 Å². The molecule has 154 valence electrons. The van der Waals surface area contributed by atoms with E-state index in [2.05, 4.69) is 16.9 Å². The van der Waals surface area contributed by atoms with Crippen LogP contribution in [0.15, 0.2) is 46.1 Å². The molecule has 0 fully saturated rings. The fourth-order valence-corrected chi connectivity index (χ4v) is 4.08. The van der Waals surface area contributed by atoms with E-state index in [1.807, 2.05) is 6.07 Å². The molecule has 3 rings (SSSR count). The van der Waals surface area contributed by atoms with Crippen LogP contribution in [0.2, 0.25) is 0 Å². The smallest absolute Gasteiger partial charge is 0.259 e. The zero-order chi connectivity index (χ0) is 20.8. The Kier molecular flexibility index (Phi) is 7.11. The quantitative estimate of drug-likeness (QED) is 0.522. The normalized spacial score (nSPS) is 12.1. The fourth-order valence-electron chi connectivity index (χ4n) is 3.09. The van der Waals surface area contributed by atoms with Crippen molar-refractivity contribution in [3.63, 3.8) is 0 Å². The van der Waals surface area contributed by atoms with Gasteiger partial charge in [-0.3, -0.25) is 4.79 Å².